The Hall–Kier alpha value is -3.71. The fraction of sp³-hybridized carbons (Fsp3) is 0.371. The zero-order valence-electron chi connectivity index (χ0n) is 27.3. The molecule has 0 radical (unpaired) electrons. The maximum atomic E-state index is 13.4. The molecule has 0 atom stereocenters. The van der Waals surface area contributed by atoms with Crippen LogP contribution >= 0.6 is 23.1 Å². The number of halogens is 6. The number of benzene rings is 2. The molecule has 5 nitrogen and oxygen atoms in total. The Morgan fingerprint density at radius 2 is 1.62 bits per heavy atom. The van der Waals surface area contributed by atoms with Crippen molar-refractivity contribution in [1.82, 2.24) is 4.90 Å². The summed E-state index contributed by atoms with van der Waals surface area (Å²) in [6.45, 7) is 9.99. The van der Waals surface area contributed by atoms with Crippen LogP contribution in [-0.2, 0) is 23.6 Å². The topological polar surface area (TPSA) is 36.7 Å². The van der Waals surface area contributed by atoms with Crippen LogP contribution < -0.4 is 9.47 Å². The van der Waals surface area contributed by atoms with Crippen LogP contribution in [0.25, 0.3) is 16.3 Å². The van der Waals surface area contributed by atoms with Crippen LogP contribution in [0.2, 0.25) is 0 Å². The molecule has 0 N–H and O–H groups in total. The maximum absolute atomic E-state index is 13.4. The van der Waals surface area contributed by atoms with Crippen LogP contribution in [0.4, 0.5) is 36.8 Å². The fourth-order valence-corrected chi connectivity index (χ4v) is 7.91. The summed E-state index contributed by atoms with van der Waals surface area (Å²) >= 11 is 2.76. The van der Waals surface area contributed by atoms with Gasteiger partial charge in [-0.15, -0.1) is 0 Å². The van der Waals surface area contributed by atoms with Crippen molar-refractivity contribution in [3.05, 3.63) is 92.6 Å². The number of hydrogen-bond donors (Lipinski definition) is 0. The number of thiazole rings is 1. The van der Waals surface area contributed by atoms with Gasteiger partial charge in [-0.05, 0) is 101 Å². The number of hydrogen-bond acceptors (Lipinski definition) is 5. The summed E-state index contributed by atoms with van der Waals surface area (Å²) in [5.74, 6) is 0. The highest BCUT2D eigenvalue weighted by molar-refractivity contribution is 8.03. The highest BCUT2D eigenvalue weighted by Gasteiger charge is 2.35. The van der Waals surface area contributed by atoms with Crippen molar-refractivity contribution in [1.29, 1.82) is 0 Å². The molecule has 0 fully saturated rings. The first-order chi connectivity index (χ1) is 22.4. The number of ether oxygens (including phenoxy) is 1. The Kier molecular flexibility index (Phi) is 9.86. The summed E-state index contributed by atoms with van der Waals surface area (Å²) in [6.07, 6.45) is -0.774. The third-order valence-electron chi connectivity index (χ3n) is 7.88. The van der Waals surface area contributed by atoms with Gasteiger partial charge in [-0.1, -0.05) is 29.2 Å². The molecule has 2 aromatic carbocycles. The number of nitrogens with zero attached hydrogens (tertiary/aromatic N) is 3. The number of fused-ring (bicyclic) bond motifs is 2. The van der Waals surface area contributed by atoms with Crippen molar-refractivity contribution < 1.29 is 40.4 Å². The van der Waals surface area contributed by atoms with Gasteiger partial charge >= 0.3 is 18.4 Å². The molecule has 1 amide bonds. The van der Waals surface area contributed by atoms with Gasteiger partial charge in [0.1, 0.15) is 16.8 Å². The van der Waals surface area contributed by atoms with Crippen molar-refractivity contribution in [3.8, 4) is 0 Å². The van der Waals surface area contributed by atoms with Crippen LogP contribution in [-0.4, -0.2) is 30.2 Å². The van der Waals surface area contributed by atoms with Crippen molar-refractivity contribution in [3.63, 3.8) is 0 Å². The first-order valence-electron chi connectivity index (χ1n) is 15.4. The molecule has 1 aliphatic heterocycles. The predicted molar refractivity (Wildman–Crippen MR) is 178 cm³/mol. The number of aryl methyl sites for hydroxylation is 1. The molecule has 2 heterocycles. The normalized spacial score (nSPS) is 17.5. The lowest BCUT2D eigenvalue weighted by Crippen LogP contribution is -2.34. The summed E-state index contributed by atoms with van der Waals surface area (Å²) in [5.41, 5.74) is 1.16. The number of carbonyl (C=O) groups excluding carboxylic acids is 1. The molecule has 3 aromatic rings. The van der Waals surface area contributed by atoms with E-state index in [4.69, 9.17) is 4.74 Å². The monoisotopic (exact) mass is 708 g/mol. The van der Waals surface area contributed by atoms with Crippen LogP contribution in [0.15, 0.2) is 81.4 Å². The van der Waals surface area contributed by atoms with Gasteiger partial charge in [-0.2, -0.15) is 30.9 Å². The first-order valence-corrected chi connectivity index (χ1v) is 17.0. The minimum Gasteiger partial charge on any atom is -0.443 e. The predicted octanol–water partition coefficient (Wildman–Crippen LogP) is 10.6. The molecule has 5 rings (SSSR count). The Balaban J connectivity index is 1.53. The molecule has 0 unspecified atom stereocenters. The van der Waals surface area contributed by atoms with Gasteiger partial charge in [0.2, 0.25) is 5.52 Å². The molecule has 1 aromatic heterocycles. The van der Waals surface area contributed by atoms with E-state index in [0.717, 1.165) is 42.9 Å². The fourth-order valence-electron chi connectivity index (χ4n) is 5.69. The van der Waals surface area contributed by atoms with E-state index in [1.165, 1.54) is 52.3 Å². The second-order valence-electron chi connectivity index (χ2n) is 12.3. The SMILES string of the molecule is CCN1C(=CC=C2CCC(C=Cc3sc4ccc(C(F)(F)F)cc4[n+]3CC)=C2N(C)C(=O)OC(C)(C)C)Sc2ccc(C(F)(F)F)cc21. The van der Waals surface area contributed by atoms with Gasteiger partial charge in [0.15, 0.2) is 0 Å². The van der Waals surface area contributed by atoms with Gasteiger partial charge < -0.3 is 9.64 Å². The lowest BCUT2D eigenvalue weighted by atomic mass is 10.1. The molecule has 13 heteroatoms. The number of likely N-dealkylation sites (N-methyl/N-ethyl adjacent to an activating group) is 1. The van der Waals surface area contributed by atoms with Gasteiger partial charge in [0.25, 0.3) is 5.01 Å². The molecule has 0 spiro atoms. The minimum absolute atomic E-state index is 0.460. The molecular weight excluding hydrogens is 673 g/mol. The number of thioether (sulfide) groups is 1. The van der Waals surface area contributed by atoms with Crippen LogP contribution in [0, 0.1) is 0 Å². The molecule has 0 bridgehead atoms. The highest BCUT2D eigenvalue weighted by Crippen LogP contribution is 2.48. The van der Waals surface area contributed by atoms with E-state index in [1.807, 2.05) is 47.6 Å². The number of anilines is 1. The molecule has 2 aliphatic rings. The Morgan fingerprint density at radius 3 is 2.25 bits per heavy atom. The number of allylic oxidation sites excluding steroid dienone is 5. The number of rotatable bonds is 6. The van der Waals surface area contributed by atoms with Gasteiger partial charge in [0, 0.05) is 30.6 Å². The van der Waals surface area contributed by atoms with E-state index in [2.05, 4.69) is 0 Å². The summed E-state index contributed by atoms with van der Waals surface area (Å²) in [5, 5.41) is 1.52. The second-order valence-corrected chi connectivity index (χ2v) is 14.5. The van der Waals surface area contributed by atoms with E-state index < -0.39 is 35.2 Å². The Labute approximate surface area is 283 Å². The van der Waals surface area contributed by atoms with Gasteiger partial charge in [-0.3, -0.25) is 4.90 Å². The van der Waals surface area contributed by atoms with E-state index in [1.54, 1.807) is 27.8 Å². The van der Waals surface area contributed by atoms with Gasteiger partial charge in [-0.25, -0.2) is 4.79 Å². The Bertz CT molecular complexity index is 1860. The minimum atomic E-state index is -4.45. The van der Waals surface area contributed by atoms with Crippen molar-refractivity contribution in [2.24, 2.45) is 0 Å². The Morgan fingerprint density at radius 1 is 0.958 bits per heavy atom. The second kappa shape index (κ2) is 13.3. The largest absolute Gasteiger partial charge is 0.443 e. The quantitative estimate of drug-likeness (QED) is 0.189. The summed E-state index contributed by atoms with van der Waals surface area (Å²) in [4.78, 5) is 17.3. The lowest BCUT2D eigenvalue weighted by molar-refractivity contribution is -0.665. The van der Waals surface area contributed by atoms with E-state index in [9.17, 15) is 31.1 Å². The van der Waals surface area contributed by atoms with Gasteiger partial charge in [0.05, 0.1) is 27.5 Å². The molecule has 48 heavy (non-hydrogen) atoms. The maximum Gasteiger partial charge on any atom is 0.416 e. The summed E-state index contributed by atoms with van der Waals surface area (Å²) in [6, 6.07) is 7.48. The van der Waals surface area contributed by atoms with Crippen LogP contribution in [0.3, 0.4) is 0 Å². The van der Waals surface area contributed by atoms with E-state index in [-0.39, 0.29) is 0 Å². The smallest absolute Gasteiger partial charge is 0.416 e. The molecule has 256 valence electrons. The van der Waals surface area contributed by atoms with Crippen LogP contribution in [0.5, 0.6) is 0 Å². The number of alkyl halides is 6. The zero-order valence-corrected chi connectivity index (χ0v) is 29.0. The van der Waals surface area contributed by atoms with Crippen molar-refractivity contribution in [2.75, 3.05) is 18.5 Å². The first kappa shape index (κ1) is 35.6. The lowest BCUT2D eigenvalue weighted by Gasteiger charge is -2.26. The zero-order chi connectivity index (χ0) is 35.2. The average molecular weight is 709 g/mol. The number of amides is 1. The third-order valence-corrected chi connectivity index (χ3v) is 10.1. The van der Waals surface area contributed by atoms with Crippen LogP contribution in [0.1, 0.15) is 63.6 Å². The summed E-state index contributed by atoms with van der Waals surface area (Å²) in [7, 11) is 1.63. The van der Waals surface area contributed by atoms with E-state index >= 15 is 0 Å². The van der Waals surface area contributed by atoms with Crippen molar-refractivity contribution in [2.45, 2.75) is 76.9 Å². The number of carbonyl (C=O) groups is 1. The molecule has 0 saturated carbocycles. The molecular formula is C35H36F6N3O2S2+. The van der Waals surface area contributed by atoms with Crippen molar-refractivity contribution >= 4 is 51.2 Å². The van der Waals surface area contributed by atoms with E-state index in [0.29, 0.717) is 42.8 Å². The summed E-state index contributed by atoms with van der Waals surface area (Å²) < 4.78 is 88.9. The molecule has 1 aliphatic carbocycles. The average Bonchev–Trinajstić information content (AvgIpc) is 3.67. The molecule has 0 saturated heterocycles. The third kappa shape index (κ3) is 7.46. The highest BCUT2D eigenvalue weighted by atomic mass is 32.2. The standard InChI is InChI=1S/C35H36F6N3O2S2/c1-7-43-25-19-23(34(36,37)38)13-15-27(25)47-29(43)17-11-21-9-10-22(31(21)42(6)32(45)46-33(3,4)5)12-18-30-44(8-2)26-20-24(35(39,40)41)14-16-28(26)48-30/h11-20H,7-10H2,1-6H3/q+1. The number of aromatic nitrogens is 1.